The zero-order valence-electron chi connectivity index (χ0n) is 16.8. The summed E-state index contributed by atoms with van der Waals surface area (Å²) in [7, 11) is 0. The molecule has 0 spiro atoms. The fourth-order valence-corrected chi connectivity index (χ4v) is 2.88. The SMILES string of the molecule is O=C(N/N=C/c1ccccc1)c1ccc(OCc2cn(Cc3ccccc3)nn2)cc1. The Labute approximate surface area is 180 Å². The minimum absolute atomic E-state index is 0.289. The number of carbonyl (C=O) groups is 1. The lowest BCUT2D eigenvalue weighted by Gasteiger charge is -2.05. The van der Waals surface area contributed by atoms with E-state index >= 15 is 0 Å². The predicted octanol–water partition coefficient (Wildman–Crippen LogP) is 3.67. The number of aromatic nitrogens is 3. The van der Waals surface area contributed by atoms with Crippen LogP contribution in [0.15, 0.2) is 96.2 Å². The van der Waals surface area contributed by atoms with Crippen LogP contribution in [0.1, 0.15) is 27.2 Å². The fraction of sp³-hybridized carbons (Fsp3) is 0.0833. The second-order valence-corrected chi connectivity index (χ2v) is 6.82. The van der Waals surface area contributed by atoms with E-state index in [1.54, 1.807) is 35.2 Å². The van der Waals surface area contributed by atoms with E-state index < -0.39 is 0 Å². The summed E-state index contributed by atoms with van der Waals surface area (Å²) in [5, 5.41) is 12.2. The van der Waals surface area contributed by atoms with Crippen LogP contribution in [0, 0.1) is 0 Å². The van der Waals surface area contributed by atoms with E-state index in [9.17, 15) is 4.79 Å². The van der Waals surface area contributed by atoms with Gasteiger partial charge in [0.1, 0.15) is 18.1 Å². The first kappa shape index (κ1) is 20.0. The van der Waals surface area contributed by atoms with Gasteiger partial charge in [-0.15, -0.1) is 5.10 Å². The molecule has 0 aliphatic rings. The quantitative estimate of drug-likeness (QED) is 0.354. The first-order valence-electron chi connectivity index (χ1n) is 9.80. The van der Waals surface area contributed by atoms with Gasteiger partial charge in [0, 0.05) is 5.56 Å². The average molecular weight is 411 g/mol. The minimum atomic E-state index is -0.289. The van der Waals surface area contributed by atoms with E-state index in [2.05, 4.69) is 20.8 Å². The van der Waals surface area contributed by atoms with Gasteiger partial charge in [-0.3, -0.25) is 4.79 Å². The number of amides is 1. The van der Waals surface area contributed by atoms with Crippen molar-refractivity contribution < 1.29 is 9.53 Å². The molecule has 0 bridgehead atoms. The minimum Gasteiger partial charge on any atom is -0.487 e. The molecule has 1 aromatic heterocycles. The van der Waals surface area contributed by atoms with Gasteiger partial charge in [0.2, 0.25) is 0 Å². The standard InChI is InChI=1S/C24H21N5O2/c30-24(27-25-15-19-7-3-1-4-8-19)21-11-13-23(14-12-21)31-18-22-17-29(28-26-22)16-20-9-5-2-6-10-20/h1-15,17H,16,18H2,(H,27,30)/b25-15+. The van der Waals surface area contributed by atoms with Gasteiger partial charge in [-0.1, -0.05) is 65.9 Å². The number of rotatable bonds is 8. The van der Waals surface area contributed by atoms with Gasteiger partial charge < -0.3 is 4.74 Å². The summed E-state index contributed by atoms with van der Waals surface area (Å²) in [5.74, 6) is 0.351. The Morgan fingerprint density at radius 2 is 1.68 bits per heavy atom. The maximum Gasteiger partial charge on any atom is 0.271 e. The second kappa shape index (κ2) is 9.98. The molecule has 0 saturated heterocycles. The highest BCUT2D eigenvalue weighted by Crippen LogP contribution is 2.14. The molecule has 31 heavy (non-hydrogen) atoms. The normalized spacial score (nSPS) is 10.8. The number of nitrogens with one attached hydrogen (secondary N) is 1. The molecule has 0 radical (unpaired) electrons. The lowest BCUT2D eigenvalue weighted by molar-refractivity contribution is 0.0955. The molecule has 1 heterocycles. The average Bonchev–Trinajstić information content (AvgIpc) is 3.26. The van der Waals surface area contributed by atoms with Gasteiger partial charge in [0.05, 0.1) is 19.0 Å². The third kappa shape index (κ3) is 5.86. The molecule has 0 saturated carbocycles. The molecule has 7 heteroatoms. The van der Waals surface area contributed by atoms with Crippen LogP contribution in [0.4, 0.5) is 0 Å². The first-order valence-corrected chi connectivity index (χ1v) is 9.80. The summed E-state index contributed by atoms with van der Waals surface area (Å²) in [5.41, 5.74) is 5.80. The van der Waals surface area contributed by atoms with E-state index in [0.29, 0.717) is 24.5 Å². The van der Waals surface area contributed by atoms with E-state index in [1.807, 2.05) is 66.9 Å². The molecule has 7 nitrogen and oxygen atoms in total. The van der Waals surface area contributed by atoms with Crippen molar-refractivity contribution in [2.75, 3.05) is 0 Å². The van der Waals surface area contributed by atoms with Gasteiger partial charge in [0.15, 0.2) is 0 Å². The van der Waals surface area contributed by atoms with Crippen molar-refractivity contribution in [1.82, 2.24) is 20.4 Å². The largest absolute Gasteiger partial charge is 0.487 e. The summed E-state index contributed by atoms with van der Waals surface area (Å²) in [4.78, 5) is 12.2. The van der Waals surface area contributed by atoms with Crippen molar-refractivity contribution in [2.24, 2.45) is 5.10 Å². The van der Waals surface area contributed by atoms with Crippen molar-refractivity contribution in [3.63, 3.8) is 0 Å². The number of ether oxygens (including phenoxy) is 1. The fourth-order valence-electron chi connectivity index (χ4n) is 2.88. The lowest BCUT2D eigenvalue weighted by atomic mass is 10.2. The smallest absolute Gasteiger partial charge is 0.271 e. The molecule has 0 atom stereocenters. The summed E-state index contributed by atoms with van der Waals surface area (Å²) >= 11 is 0. The Kier molecular flexibility index (Phi) is 6.45. The van der Waals surface area contributed by atoms with Crippen molar-refractivity contribution in [1.29, 1.82) is 0 Å². The Morgan fingerprint density at radius 3 is 2.42 bits per heavy atom. The maximum atomic E-state index is 12.2. The number of hydrogen-bond donors (Lipinski definition) is 1. The summed E-state index contributed by atoms with van der Waals surface area (Å²) in [6.45, 7) is 0.951. The summed E-state index contributed by atoms with van der Waals surface area (Å²) in [6.07, 6.45) is 3.46. The van der Waals surface area contributed by atoms with Crippen LogP contribution < -0.4 is 10.2 Å². The van der Waals surface area contributed by atoms with Gasteiger partial charge in [-0.2, -0.15) is 5.10 Å². The third-order valence-corrected chi connectivity index (χ3v) is 4.46. The Hall–Kier alpha value is -4.26. The van der Waals surface area contributed by atoms with E-state index in [-0.39, 0.29) is 5.91 Å². The molecule has 3 aromatic carbocycles. The molecule has 0 fully saturated rings. The lowest BCUT2D eigenvalue weighted by Crippen LogP contribution is -2.17. The molecule has 1 N–H and O–H groups in total. The predicted molar refractivity (Wildman–Crippen MR) is 118 cm³/mol. The van der Waals surface area contributed by atoms with Crippen molar-refractivity contribution in [3.8, 4) is 5.75 Å². The van der Waals surface area contributed by atoms with Crippen LogP contribution in [0.25, 0.3) is 0 Å². The summed E-state index contributed by atoms with van der Waals surface area (Å²) < 4.78 is 7.53. The molecular formula is C24H21N5O2. The second-order valence-electron chi connectivity index (χ2n) is 6.82. The maximum absolute atomic E-state index is 12.2. The molecule has 154 valence electrons. The third-order valence-electron chi connectivity index (χ3n) is 4.46. The molecule has 0 aliphatic carbocycles. The molecule has 4 rings (SSSR count). The molecule has 0 unspecified atom stereocenters. The first-order chi connectivity index (χ1) is 15.3. The van der Waals surface area contributed by atoms with Crippen LogP contribution in [0.2, 0.25) is 0 Å². The zero-order chi connectivity index (χ0) is 21.3. The molecule has 4 aromatic rings. The zero-order valence-corrected chi connectivity index (χ0v) is 16.8. The van der Waals surface area contributed by atoms with Gasteiger partial charge >= 0.3 is 0 Å². The topological polar surface area (TPSA) is 81.4 Å². The van der Waals surface area contributed by atoms with Crippen LogP contribution in [-0.4, -0.2) is 27.1 Å². The number of carbonyl (C=O) groups excluding carboxylic acids is 1. The van der Waals surface area contributed by atoms with E-state index in [4.69, 9.17) is 4.74 Å². The van der Waals surface area contributed by atoms with Gasteiger partial charge in [0.25, 0.3) is 5.91 Å². The van der Waals surface area contributed by atoms with Crippen LogP contribution in [0.5, 0.6) is 5.75 Å². The molecule has 0 aliphatic heterocycles. The van der Waals surface area contributed by atoms with Crippen LogP contribution in [0.3, 0.4) is 0 Å². The number of nitrogens with zero attached hydrogens (tertiary/aromatic N) is 4. The molecular weight excluding hydrogens is 390 g/mol. The van der Waals surface area contributed by atoms with E-state index in [0.717, 1.165) is 16.8 Å². The highest BCUT2D eigenvalue weighted by molar-refractivity contribution is 5.94. The number of hydrazone groups is 1. The van der Waals surface area contributed by atoms with Crippen LogP contribution in [-0.2, 0) is 13.2 Å². The van der Waals surface area contributed by atoms with E-state index in [1.165, 1.54) is 0 Å². The number of hydrogen-bond acceptors (Lipinski definition) is 5. The van der Waals surface area contributed by atoms with Crippen molar-refractivity contribution in [2.45, 2.75) is 13.2 Å². The van der Waals surface area contributed by atoms with Gasteiger partial charge in [-0.25, -0.2) is 10.1 Å². The Balaban J connectivity index is 1.27. The Bertz CT molecular complexity index is 1140. The monoisotopic (exact) mass is 411 g/mol. The van der Waals surface area contributed by atoms with Crippen molar-refractivity contribution in [3.05, 3.63) is 114 Å². The Morgan fingerprint density at radius 1 is 0.968 bits per heavy atom. The molecule has 1 amide bonds. The van der Waals surface area contributed by atoms with Crippen molar-refractivity contribution >= 4 is 12.1 Å². The van der Waals surface area contributed by atoms with Crippen LogP contribution >= 0.6 is 0 Å². The van der Waals surface area contributed by atoms with Gasteiger partial charge in [-0.05, 0) is 35.4 Å². The number of benzene rings is 3. The highest BCUT2D eigenvalue weighted by atomic mass is 16.5. The highest BCUT2D eigenvalue weighted by Gasteiger charge is 2.06. The summed E-state index contributed by atoms with van der Waals surface area (Å²) in [6, 6.07) is 26.5.